The van der Waals surface area contributed by atoms with Gasteiger partial charge in [-0.3, -0.25) is 29.1 Å². The molecule has 4 unspecified atom stereocenters. The lowest BCUT2D eigenvalue weighted by molar-refractivity contribution is -0.141. The number of anilines is 2. The number of carboxylic acid groups (broad SMARTS) is 1. The minimum atomic E-state index is -0.743. The number of para-hydroxylation sites is 2. The standard InChI is InChI=1S/C20H20N2O.C20H22N2.C12H16O2.C12H14O2.C11H14O2.C9H10O/c1-14-7-9-16(10-8-14)15(2)11-20(23)22-18-12-17-5-3-4-6-19(17)21-13-18;1-15-7-9-17(10-8-15)16(2)11-12-21-19-13-18-5-3-4-6-20(18)22-14-19;2*1-9-4-6-11(7-5-9)10(2)8-12(13)14-3;1-8-3-5-10(6-4-8)9(2)7-11(12)13;1-7-3-5-9(6-4-7)8(2)10/h3-10,12-13,15H,11H2,1-2H3,(H,22,23);3-10,13-14,16,21H,11-12H2,1-2H3;4-7,10H,8H2,1-3H3;4-8H,1-3H3;3-6,9H,7H2,1-2H3,(H,12,13);3-6H,1-2H3/b;;;10-8+;;. The summed E-state index contributed by atoms with van der Waals surface area (Å²) >= 11 is 0. The lowest BCUT2D eigenvalue weighted by Gasteiger charge is -2.13. The third-order valence-corrected chi connectivity index (χ3v) is 16.1. The number of amides is 1. The molecule has 0 saturated heterocycles. The molecule has 10 rings (SSSR count). The number of ketones is 1. The van der Waals surface area contributed by atoms with Crippen molar-refractivity contribution in [1.82, 2.24) is 9.97 Å². The van der Waals surface area contributed by atoms with Crippen molar-refractivity contribution in [1.29, 1.82) is 0 Å². The highest BCUT2D eigenvalue weighted by atomic mass is 16.5. The third-order valence-electron chi connectivity index (χ3n) is 16.1. The summed E-state index contributed by atoms with van der Waals surface area (Å²) in [5.74, 6) is -0.0175. The fourth-order valence-electron chi connectivity index (χ4n) is 9.85. The third kappa shape index (κ3) is 27.7. The average Bonchev–Trinajstić information content (AvgIpc) is 0.890. The zero-order valence-corrected chi connectivity index (χ0v) is 58.4. The Morgan fingerprint density at radius 3 is 1.22 bits per heavy atom. The Morgan fingerprint density at radius 1 is 0.448 bits per heavy atom. The van der Waals surface area contributed by atoms with Gasteiger partial charge < -0.3 is 25.2 Å². The van der Waals surface area contributed by atoms with E-state index in [1.54, 1.807) is 13.1 Å². The van der Waals surface area contributed by atoms with Crippen LogP contribution in [0.1, 0.15) is 162 Å². The van der Waals surface area contributed by atoms with Gasteiger partial charge in [-0.25, -0.2) is 4.79 Å². The molecule has 500 valence electrons. The van der Waals surface area contributed by atoms with Crippen molar-refractivity contribution >= 4 is 68.4 Å². The number of ether oxygens (including phenoxy) is 2. The van der Waals surface area contributed by atoms with Crippen molar-refractivity contribution < 1.29 is 38.6 Å². The second-order valence-corrected chi connectivity index (χ2v) is 24.6. The summed E-state index contributed by atoms with van der Waals surface area (Å²) < 4.78 is 9.18. The molecule has 12 heteroatoms. The number of carbonyl (C=O) groups excluding carboxylic acids is 4. The van der Waals surface area contributed by atoms with Crippen LogP contribution >= 0.6 is 0 Å². The largest absolute Gasteiger partial charge is 0.481 e. The zero-order chi connectivity index (χ0) is 70.1. The first kappa shape index (κ1) is 76.4. The number of esters is 2. The highest BCUT2D eigenvalue weighted by Gasteiger charge is 2.14. The van der Waals surface area contributed by atoms with Crippen molar-refractivity contribution in [3.05, 3.63) is 291 Å². The van der Waals surface area contributed by atoms with E-state index in [-0.39, 0.29) is 47.8 Å². The van der Waals surface area contributed by atoms with E-state index in [0.29, 0.717) is 18.8 Å². The van der Waals surface area contributed by atoms with Gasteiger partial charge in [0.15, 0.2) is 5.78 Å². The molecule has 0 fully saturated rings. The Kier molecular flexibility index (Phi) is 31.9. The van der Waals surface area contributed by atoms with E-state index >= 15 is 0 Å². The first-order valence-electron chi connectivity index (χ1n) is 32.6. The summed E-state index contributed by atoms with van der Waals surface area (Å²) in [5.41, 5.74) is 18.8. The predicted molar refractivity (Wildman–Crippen MR) is 395 cm³/mol. The Labute approximate surface area is 569 Å². The summed E-state index contributed by atoms with van der Waals surface area (Å²) in [6.07, 6.45) is 7.31. The number of hydrogen-bond acceptors (Lipinski definition) is 10. The van der Waals surface area contributed by atoms with Crippen LogP contribution in [0.4, 0.5) is 11.4 Å². The summed E-state index contributed by atoms with van der Waals surface area (Å²) in [5, 5.41) is 17.2. The van der Waals surface area contributed by atoms with Crippen molar-refractivity contribution in [2.24, 2.45) is 0 Å². The molecule has 0 aliphatic heterocycles. The normalized spacial score (nSPS) is 11.8. The second kappa shape index (κ2) is 40.0. The van der Waals surface area contributed by atoms with Crippen LogP contribution in [0.3, 0.4) is 0 Å². The molecule has 0 aliphatic rings. The van der Waals surface area contributed by atoms with E-state index in [1.165, 1.54) is 75.8 Å². The molecule has 96 heavy (non-hydrogen) atoms. The molecule has 3 N–H and O–H groups in total. The first-order valence-corrected chi connectivity index (χ1v) is 32.6. The van der Waals surface area contributed by atoms with Crippen molar-refractivity contribution in [2.45, 2.75) is 132 Å². The van der Waals surface area contributed by atoms with Crippen LogP contribution in [0, 0.1) is 41.5 Å². The van der Waals surface area contributed by atoms with Gasteiger partial charge in [-0.05, 0) is 143 Å². The minimum absolute atomic E-state index is 0.00940. The van der Waals surface area contributed by atoms with Crippen LogP contribution < -0.4 is 10.6 Å². The number of pyridine rings is 2. The molecule has 10 aromatic rings. The maximum atomic E-state index is 12.3. The average molecular weight is 1290 g/mol. The lowest BCUT2D eigenvalue weighted by atomic mass is 9.96. The van der Waals surface area contributed by atoms with Gasteiger partial charge in [-0.1, -0.05) is 243 Å². The van der Waals surface area contributed by atoms with E-state index < -0.39 is 5.97 Å². The van der Waals surface area contributed by atoms with Crippen molar-refractivity contribution in [3.8, 4) is 0 Å². The number of fused-ring (bicyclic) bond motifs is 2. The van der Waals surface area contributed by atoms with E-state index in [1.807, 2.05) is 169 Å². The van der Waals surface area contributed by atoms with Gasteiger partial charge in [0.1, 0.15) is 0 Å². The summed E-state index contributed by atoms with van der Waals surface area (Å²) in [6.45, 7) is 25.0. The van der Waals surface area contributed by atoms with Gasteiger partial charge in [0, 0.05) is 35.4 Å². The fraction of sp³-hybridized carbons (Fsp3) is 0.274. The lowest BCUT2D eigenvalue weighted by Crippen LogP contribution is -2.14. The molecular formula is C84H96N4O8. The number of allylic oxidation sites excluding steroid dienone is 1. The van der Waals surface area contributed by atoms with Gasteiger partial charge in [0.2, 0.25) is 5.91 Å². The number of carboxylic acids is 1. The quantitative estimate of drug-likeness (QED) is 0.0424. The first-order chi connectivity index (χ1) is 45.9. The number of aryl methyl sites for hydroxylation is 6. The molecule has 1 amide bonds. The predicted octanol–water partition coefficient (Wildman–Crippen LogP) is 19.8. The van der Waals surface area contributed by atoms with Crippen LogP contribution in [0.2, 0.25) is 0 Å². The number of carbonyl (C=O) groups is 5. The van der Waals surface area contributed by atoms with Crippen molar-refractivity contribution in [2.75, 3.05) is 31.4 Å². The second-order valence-electron chi connectivity index (χ2n) is 24.6. The molecule has 4 atom stereocenters. The summed E-state index contributed by atoms with van der Waals surface area (Å²) in [6, 6.07) is 69.2. The fourth-order valence-corrected chi connectivity index (χ4v) is 9.85. The molecule has 2 aromatic heterocycles. The van der Waals surface area contributed by atoms with E-state index in [2.05, 4.69) is 150 Å². The number of Topliss-reactive ketones (excluding diaryl/α,β-unsaturated/α-hetero) is 1. The van der Waals surface area contributed by atoms with Gasteiger partial charge in [-0.15, -0.1) is 0 Å². The number of rotatable bonds is 18. The monoisotopic (exact) mass is 1290 g/mol. The van der Waals surface area contributed by atoms with Gasteiger partial charge in [0.25, 0.3) is 0 Å². The molecule has 12 nitrogen and oxygen atoms in total. The Balaban J connectivity index is 0.000000214. The number of aliphatic carboxylic acids is 1. The van der Waals surface area contributed by atoms with Crippen LogP contribution in [0.15, 0.2) is 225 Å². The maximum Gasteiger partial charge on any atom is 0.330 e. The van der Waals surface area contributed by atoms with E-state index in [9.17, 15) is 24.0 Å². The molecule has 0 saturated carbocycles. The number of nitrogens with one attached hydrogen (secondary N) is 2. The molecular weight excluding hydrogens is 1190 g/mol. The number of nitrogens with zero attached hydrogens (tertiary/aromatic N) is 2. The van der Waals surface area contributed by atoms with Crippen LogP contribution in [0.25, 0.3) is 27.4 Å². The topological polar surface area (TPSA) is 174 Å². The number of methoxy groups -OCH3 is 2. The van der Waals surface area contributed by atoms with Gasteiger partial charge in [0.05, 0.1) is 61.9 Å². The smallest absolute Gasteiger partial charge is 0.330 e. The molecule has 2 heterocycles. The highest BCUT2D eigenvalue weighted by molar-refractivity contribution is 5.94. The molecule has 0 spiro atoms. The Hall–Kier alpha value is -10.3. The molecule has 0 aliphatic carbocycles. The SMILES string of the molecule is CC(=O)c1ccc(C)cc1.COC(=O)/C=C(\C)c1ccc(C)cc1.COC(=O)CC(C)c1ccc(C)cc1.Cc1ccc(C(C)CC(=O)Nc2cnc3ccccc3c2)cc1.Cc1ccc(C(C)CC(=O)O)cc1.Cc1ccc(C(C)CCNc2cnc3ccccc3c2)cc1. The van der Waals surface area contributed by atoms with Crippen molar-refractivity contribution in [3.63, 3.8) is 0 Å². The summed E-state index contributed by atoms with van der Waals surface area (Å²) in [7, 11) is 2.80. The highest BCUT2D eigenvalue weighted by Crippen LogP contribution is 2.25. The maximum absolute atomic E-state index is 12.3. The van der Waals surface area contributed by atoms with Gasteiger partial charge >= 0.3 is 17.9 Å². The number of benzene rings is 8. The van der Waals surface area contributed by atoms with E-state index in [0.717, 1.165) is 63.0 Å². The zero-order valence-electron chi connectivity index (χ0n) is 58.4. The number of hydrogen-bond donors (Lipinski definition) is 3. The van der Waals surface area contributed by atoms with E-state index in [4.69, 9.17) is 5.11 Å². The van der Waals surface area contributed by atoms with Crippen LogP contribution in [0.5, 0.6) is 0 Å². The number of aromatic nitrogens is 2. The molecule has 0 bridgehead atoms. The van der Waals surface area contributed by atoms with Gasteiger partial charge in [-0.2, -0.15) is 0 Å². The molecule has 8 aromatic carbocycles. The minimum Gasteiger partial charge on any atom is -0.481 e. The molecule has 0 radical (unpaired) electrons. The Bertz CT molecular complexity index is 4070. The summed E-state index contributed by atoms with van der Waals surface area (Å²) in [4.78, 5) is 64.3. The van der Waals surface area contributed by atoms with Crippen LogP contribution in [-0.2, 0) is 28.7 Å². The van der Waals surface area contributed by atoms with Crippen LogP contribution in [-0.4, -0.2) is 65.4 Å². The Morgan fingerprint density at radius 2 is 0.812 bits per heavy atom.